The Hall–Kier alpha value is -1.72. The molecule has 3 rings (SSSR count). The number of piperazine rings is 1. The van der Waals surface area contributed by atoms with Crippen molar-refractivity contribution in [3.05, 3.63) is 42.5 Å². The van der Waals surface area contributed by atoms with Crippen LogP contribution in [0.3, 0.4) is 0 Å². The molecule has 1 aliphatic rings. The highest BCUT2D eigenvalue weighted by Gasteiger charge is 2.15. The van der Waals surface area contributed by atoms with E-state index in [1.54, 1.807) is 17.3 Å². The zero-order valence-electron chi connectivity index (χ0n) is 11.2. The molecule has 0 spiro atoms. The van der Waals surface area contributed by atoms with E-state index in [-0.39, 0.29) is 0 Å². The summed E-state index contributed by atoms with van der Waals surface area (Å²) in [5.74, 6) is 0. The quantitative estimate of drug-likeness (QED) is 0.893. The van der Waals surface area contributed by atoms with E-state index in [0.717, 1.165) is 31.9 Å². The van der Waals surface area contributed by atoms with Gasteiger partial charge in [-0.2, -0.15) is 5.10 Å². The van der Waals surface area contributed by atoms with Crippen LogP contribution in [-0.2, 0) is 6.54 Å². The van der Waals surface area contributed by atoms with Gasteiger partial charge in [0.05, 0.1) is 5.69 Å². The summed E-state index contributed by atoms with van der Waals surface area (Å²) in [6, 6.07) is 9.11. The molecule has 2 aromatic rings. The highest BCUT2D eigenvalue weighted by Crippen LogP contribution is 2.11. The average Bonchev–Trinajstić information content (AvgIpc) is 2.94. The molecule has 19 heavy (non-hydrogen) atoms. The van der Waals surface area contributed by atoms with E-state index in [2.05, 4.69) is 51.5 Å². The van der Waals surface area contributed by atoms with Crippen molar-refractivity contribution in [2.75, 3.05) is 19.6 Å². The number of nitrogens with one attached hydrogen (secondary N) is 1. The minimum absolute atomic E-state index is 0.586. The topological polar surface area (TPSA) is 46.0 Å². The summed E-state index contributed by atoms with van der Waals surface area (Å²) in [5.41, 5.74) is 2.40. The van der Waals surface area contributed by atoms with E-state index < -0.39 is 0 Å². The second kappa shape index (κ2) is 5.50. The molecule has 1 atom stereocenters. The number of hydrogen-bond donors (Lipinski definition) is 1. The highest BCUT2D eigenvalue weighted by molar-refractivity contribution is 5.33. The summed E-state index contributed by atoms with van der Waals surface area (Å²) >= 11 is 0. The van der Waals surface area contributed by atoms with Gasteiger partial charge in [-0.3, -0.25) is 4.90 Å². The minimum Gasteiger partial charge on any atom is -0.312 e. The van der Waals surface area contributed by atoms with Gasteiger partial charge < -0.3 is 5.32 Å². The van der Waals surface area contributed by atoms with Gasteiger partial charge in [-0.25, -0.2) is 9.67 Å². The van der Waals surface area contributed by atoms with Crippen LogP contribution >= 0.6 is 0 Å². The molecule has 1 aliphatic heterocycles. The first kappa shape index (κ1) is 12.3. The number of rotatable bonds is 3. The molecule has 2 heterocycles. The first-order valence-corrected chi connectivity index (χ1v) is 6.71. The maximum Gasteiger partial charge on any atom is 0.138 e. The summed E-state index contributed by atoms with van der Waals surface area (Å²) in [4.78, 5) is 6.45. The van der Waals surface area contributed by atoms with Crippen molar-refractivity contribution < 1.29 is 0 Å². The van der Waals surface area contributed by atoms with Gasteiger partial charge in [0.25, 0.3) is 0 Å². The number of nitrogens with zero attached hydrogens (tertiary/aromatic N) is 4. The molecule has 1 aromatic heterocycles. The van der Waals surface area contributed by atoms with Crippen LogP contribution in [0.4, 0.5) is 0 Å². The van der Waals surface area contributed by atoms with E-state index in [9.17, 15) is 0 Å². The summed E-state index contributed by atoms with van der Waals surface area (Å²) in [7, 11) is 0. The van der Waals surface area contributed by atoms with Gasteiger partial charge >= 0.3 is 0 Å². The lowest BCUT2D eigenvalue weighted by Gasteiger charge is -2.31. The van der Waals surface area contributed by atoms with E-state index in [0.29, 0.717) is 6.04 Å². The lowest BCUT2D eigenvalue weighted by atomic mass is 10.1. The maximum atomic E-state index is 4.13. The monoisotopic (exact) mass is 257 g/mol. The van der Waals surface area contributed by atoms with Gasteiger partial charge in [-0.1, -0.05) is 12.1 Å². The fraction of sp³-hybridized carbons (Fsp3) is 0.429. The van der Waals surface area contributed by atoms with Crippen LogP contribution in [0.1, 0.15) is 12.5 Å². The van der Waals surface area contributed by atoms with Gasteiger partial charge in [0.15, 0.2) is 0 Å². The third kappa shape index (κ3) is 3.00. The smallest absolute Gasteiger partial charge is 0.138 e. The summed E-state index contributed by atoms with van der Waals surface area (Å²) < 4.78 is 1.77. The van der Waals surface area contributed by atoms with Crippen LogP contribution in [0.25, 0.3) is 5.69 Å². The fourth-order valence-corrected chi connectivity index (χ4v) is 2.51. The Bertz CT molecular complexity index is 505. The van der Waals surface area contributed by atoms with Crippen LogP contribution < -0.4 is 5.32 Å². The van der Waals surface area contributed by atoms with Gasteiger partial charge in [0.2, 0.25) is 0 Å². The van der Waals surface area contributed by atoms with Crippen molar-refractivity contribution in [1.82, 2.24) is 25.0 Å². The maximum absolute atomic E-state index is 4.13. The zero-order valence-corrected chi connectivity index (χ0v) is 11.2. The second-order valence-electron chi connectivity index (χ2n) is 5.10. The Morgan fingerprint density at radius 3 is 2.84 bits per heavy atom. The number of benzene rings is 1. The lowest BCUT2D eigenvalue weighted by molar-refractivity contribution is 0.199. The Kier molecular flexibility index (Phi) is 3.57. The molecule has 1 N–H and O–H groups in total. The van der Waals surface area contributed by atoms with Crippen molar-refractivity contribution in [3.8, 4) is 5.69 Å². The van der Waals surface area contributed by atoms with Crippen LogP contribution in [-0.4, -0.2) is 45.3 Å². The SMILES string of the molecule is CC1CN(Cc2ccc(-n3cncn3)cc2)CCN1. The average molecular weight is 257 g/mol. The molecule has 0 aliphatic carbocycles. The van der Waals surface area contributed by atoms with Gasteiger partial charge in [0, 0.05) is 32.2 Å². The molecule has 0 radical (unpaired) electrons. The molecule has 1 unspecified atom stereocenters. The summed E-state index contributed by atoms with van der Waals surface area (Å²) in [6.07, 6.45) is 3.27. The van der Waals surface area contributed by atoms with E-state index >= 15 is 0 Å². The van der Waals surface area contributed by atoms with Gasteiger partial charge in [0.1, 0.15) is 12.7 Å². The Morgan fingerprint density at radius 2 is 2.16 bits per heavy atom. The molecular weight excluding hydrogens is 238 g/mol. The molecular formula is C14H19N5. The van der Waals surface area contributed by atoms with E-state index in [4.69, 9.17) is 0 Å². The van der Waals surface area contributed by atoms with Crippen molar-refractivity contribution in [3.63, 3.8) is 0 Å². The fourth-order valence-electron chi connectivity index (χ4n) is 2.51. The zero-order chi connectivity index (χ0) is 13.1. The van der Waals surface area contributed by atoms with Crippen molar-refractivity contribution in [1.29, 1.82) is 0 Å². The highest BCUT2D eigenvalue weighted by atomic mass is 15.3. The molecule has 0 saturated carbocycles. The van der Waals surface area contributed by atoms with Gasteiger partial charge in [-0.05, 0) is 24.6 Å². The van der Waals surface area contributed by atoms with Crippen LogP contribution in [0.2, 0.25) is 0 Å². The predicted molar refractivity (Wildman–Crippen MR) is 74.1 cm³/mol. The lowest BCUT2D eigenvalue weighted by Crippen LogP contribution is -2.48. The standard InChI is InChI=1S/C14H19N5/c1-12-8-18(7-6-16-12)9-13-2-4-14(5-3-13)19-11-15-10-17-19/h2-5,10-12,16H,6-9H2,1H3. The third-order valence-corrected chi connectivity index (χ3v) is 3.48. The Morgan fingerprint density at radius 1 is 1.32 bits per heavy atom. The van der Waals surface area contributed by atoms with Crippen molar-refractivity contribution >= 4 is 0 Å². The molecule has 1 fully saturated rings. The van der Waals surface area contributed by atoms with E-state index in [1.165, 1.54) is 5.56 Å². The van der Waals surface area contributed by atoms with Crippen LogP contribution in [0, 0.1) is 0 Å². The second-order valence-corrected chi connectivity index (χ2v) is 5.10. The predicted octanol–water partition coefficient (Wildman–Crippen LogP) is 1.06. The first-order chi connectivity index (χ1) is 9.31. The molecule has 0 bridgehead atoms. The normalized spacial score (nSPS) is 20.6. The van der Waals surface area contributed by atoms with Crippen LogP contribution in [0.15, 0.2) is 36.9 Å². The molecule has 5 nitrogen and oxygen atoms in total. The first-order valence-electron chi connectivity index (χ1n) is 6.71. The van der Waals surface area contributed by atoms with Gasteiger partial charge in [-0.15, -0.1) is 0 Å². The van der Waals surface area contributed by atoms with Crippen LogP contribution in [0.5, 0.6) is 0 Å². The molecule has 5 heteroatoms. The number of hydrogen-bond acceptors (Lipinski definition) is 4. The van der Waals surface area contributed by atoms with Crippen molar-refractivity contribution in [2.45, 2.75) is 19.5 Å². The Labute approximate surface area is 113 Å². The molecule has 0 amide bonds. The minimum atomic E-state index is 0.586. The number of aromatic nitrogens is 3. The Balaban J connectivity index is 1.66. The summed E-state index contributed by atoms with van der Waals surface area (Å²) in [5, 5.41) is 7.59. The molecule has 1 aromatic carbocycles. The van der Waals surface area contributed by atoms with E-state index in [1.807, 2.05) is 0 Å². The largest absolute Gasteiger partial charge is 0.312 e. The van der Waals surface area contributed by atoms with Crippen molar-refractivity contribution in [2.24, 2.45) is 0 Å². The molecule has 1 saturated heterocycles. The summed E-state index contributed by atoms with van der Waals surface area (Å²) in [6.45, 7) is 6.57. The third-order valence-electron chi connectivity index (χ3n) is 3.48. The molecule has 100 valence electrons.